The Labute approximate surface area is 86.5 Å². The first-order valence-corrected chi connectivity index (χ1v) is 5.54. The molecule has 1 aromatic rings. The van der Waals surface area contributed by atoms with Gasteiger partial charge in [-0.05, 0) is 43.9 Å². The summed E-state index contributed by atoms with van der Waals surface area (Å²) < 4.78 is 0. The zero-order valence-corrected chi connectivity index (χ0v) is 9.30. The van der Waals surface area contributed by atoms with Gasteiger partial charge >= 0.3 is 0 Å². The fraction of sp³-hybridized carbons (Fsp3) is 0.538. The van der Waals surface area contributed by atoms with Crippen molar-refractivity contribution in [2.45, 2.75) is 38.6 Å². The van der Waals surface area contributed by atoms with Crippen molar-refractivity contribution < 1.29 is 0 Å². The summed E-state index contributed by atoms with van der Waals surface area (Å²) in [6.07, 6.45) is 2.53. The predicted octanol–water partition coefficient (Wildman–Crippen LogP) is 3.15. The molecule has 0 amide bonds. The second kappa shape index (κ2) is 3.74. The lowest BCUT2D eigenvalue weighted by atomic mass is 9.98. The molecule has 1 aromatic carbocycles. The summed E-state index contributed by atoms with van der Waals surface area (Å²) in [4.78, 5) is 0. The lowest BCUT2D eigenvalue weighted by molar-refractivity contribution is 0.526. The molecule has 76 valence electrons. The minimum Gasteiger partial charge on any atom is -0.313 e. The van der Waals surface area contributed by atoms with Gasteiger partial charge in [0.05, 0.1) is 0 Å². The lowest BCUT2D eigenvalue weighted by Crippen LogP contribution is -2.13. The standard InChI is InChI=1S/C13H19N/c1-4-10-8-13(14-3)12-7-9(2)5-6-11(10)12/h5-7,10,13-14H,4,8H2,1-3H3. The summed E-state index contributed by atoms with van der Waals surface area (Å²) in [7, 11) is 2.06. The Morgan fingerprint density at radius 3 is 2.79 bits per heavy atom. The number of aryl methyl sites for hydroxylation is 1. The maximum absolute atomic E-state index is 3.41. The van der Waals surface area contributed by atoms with Gasteiger partial charge in [-0.2, -0.15) is 0 Å². The average Bonchev–Trinajstić information content (AvgIpc) is 2.55. The van der Waals surface area contributed by atoms with Gasteiger partial charge in [-0.25, -0.2) is 0 Å². The van der Waals surface area contributed by atoms with Crippen molar-refractivity contribution in [2.75, 3.05) is 7.05 Å². The molecule has 0 aromatic heterocycles. The molecule has 2 unspecified atom stereocenters. The van der Waals surface area contributed by atoms with Gasteiger partial charge in [-0.3, -0.25) is 0 Å². The Morgan fingerprint density at radius 1 is 1.36 bits per heavy atom. The van der Waals surface area contributed by atoms with Crippen LogP contribution in [0, 0.1) is 6.92 Å². The van der Waals surface area contributed by atoms with Crippen molar-refractivity contribution >= 4 is 0 Å². The van der Waals surface area contributed by atoms with Crippen LogP contribution in [-0.2, 0) is 0 Å². The van der Waals surface area contributed by atoms with Gasteiger partial charge in [-0.15, -0.1) is 0 Å². The van der Waals surface area contributed by atoms with Gasteiger partial charge in [-0.1, -0.05) is 30.7 Å². The Kier molecular flexibility index (Phi) is 2.60. The van der Waals surface area contributed by atoms with Gasteiger partial charge in [0.1, 0.15) is 0 Å². The molecule has 0 saturated heterocycles. The van der Waals surface area contributed by atoms with Crippen LogP contribution in [0.1, 0.15) is 48.4 Å². The smallest absolute Gasteiger partial charge is 0.0326 e. The highest BCUT2D eigenvalue weighted by atomic mass is 14.9. The normalized spacial score (nSPS) is 25.1. The minimum absolute atomic E-state index is 0.579. The number of fused-ring (bicyclic) bond motifs is 1. The van der Waals surface area contributed by atoms with Crippen LogP contribution in [0.4, 0.5) is 0 Å². The molecule has 0 heterocycles. The quantitative estimate of drug-likeness (QED) is 0.753. The summed E-state index contributed by atoms with van der Waals surface area (Å²) in [6.45, 7) is 4.46. The molecule has 2 atom stereocenters. The number of rotatable bonds is 2. The van der Waals surface area contributed by atoms with E-state index in [1.165, 1.54) is 24.0 Å². The second-order valence-electron chi connectivity index (χ2n) is 4.31. The Morgan fingerprint density at radius 2 is 2.14 bits per heavy atom. The Balaban J connectivity index is 2.42. The van der Waals surface area contributed by atoms with Crippen LogP contribution in [0.15, 0.2) is 18.2 Å². The average molecular weight is 189 g/mol. The van der Waals surface area contributed by atoms with E-state index < -0.39 is 0 Å². The van der Waals surface area contributed by atoms with Gasteiger partial charge in [0.15, 0.2) is 0 Å². The number of hydrogen-bond acceptors (Lipinski definition) is 1. The molecule has 1 N–H and O–H groups in total. The predicted molar refractivity (Wildman–Crippen MR) is 60.6 cm³/mol. The van der Waals surface area contributed by atoms with Crippen molar-refractivity contribution in [1.82, 2.24) is 5.32 Å². The van der Waals surface area contributed by atoms with Crippen LogP contribution in [0.5, 0.6) is 0 Å². The largest absolute Gasteiger partial charge is 0.313 e. The number of nitrogens with one attached hydrogen (secondary N) is 1. The summed E-state index contributed by atoms with van der Waals surface area (Å²) in [5, 5.41) is 3.41. The molecule has 0 fully saturated rings. The maximum Gasteiger partial charge on any atom is 0.0326 e. The van der Waals surface area contributed by atoms with Crippen molar-refractivity contribution in [3.8, 4) is 0 Å². The molecule has 0 saturated carbocycles. The summed E-state index contributed by atoms with van der Waals surface area (Å²) in [6, 6.07) is 7.47. The van der Waals surface area contributed by atoms with E-state index in [1.54, 1.807) is 5.56 Å². The van der Waals surface area contributed by atoms with E-state index in [1.807, 2.05) is 0 Å². The zero-order chi connectivity index (χ0) is 10.1. The van der Waals surface area contributed by atoms with E-state index in [9.17, 15) is 0 Å². The highest BCUT2D eigenvalue weighted by molar-refractivity contribution is 5.40. The van der Waals surface area contributed by atoms with Crippen molar-refractivity contribution in [1.29, 1.82) is 0 Å². The monoisotopic (exact) mass is 189 g/mol. The van der Waals surface area contributed by atoms with Crippen LogP contribution in [0.25, 0.3) is 0 Å². The van der Waals surface area contributed by atoms with E-state index in [2.05, 4.69) is 44.4 Å². The van der Waals surface area contributed by atoms with Gasteiger partial charge in [0, 0.05) is 6.04 Å². The molecule has 0 spiro atoms. The third-order valence-electron chi connectivity index (χ3n) is 3.42. The molecular weight excluding hydrogens is 170 g/mol. The first kappa shape index (κ1) is 9.72. The lowest BCUT2D eigenvalue weighted by Gasteiger charge is -2.09. The highest BCUT2D eigenvalue weighted by Crippen LogP contribution is 2.41. The first-order chi connectivity index (χ1) is 6.76. The van der Waals surface area contributed by atoms with E-state index >= 15 is 0 Å². The fourth-order valence-corrected chi connectivity index (χ4v) is 2.57. The third kappa shape index (κ3) is 1.46. The second-order valence-corrected chi connectivity index (χ2v) is 4.31. The third-order valence-corrected chi connectivity index (χ3v) is 3.42. The van der Waals surface area contributed by atoms with Crippen LogP contribution < -0.4 is 5.32 Å². The van der Waals surface area contributed by atoms with Gasteiger partial charge in [0.25, 0.3) is 0 Å². The molecule has 2 rings (SSSR count). The fourth-order valence-electron chi connectivity index (χ4n) is 2.57. The summed E-state index contributed by atoms with van der Waals surface area (Å²) in [5.74, 6) is 0.767. The van der Waals surface area contributed by atoms with Crippen molar-refractivity contribution in [2.24, 2.45) is 0 Å². The van der Waals surface area contributed by atoms with Crippen LogP contribution in [0.2, 0.25) is 0 Å². The number of benzene rings is 1. The van der Waals surface area contributed by atoms with Crippen LogP contribution >= 0.6 is 0 Å². The van der Waals surface area contributed by atoms with Crippen LogP contribution in [-0.4, -0.2) is 7.05 Å². The number of hydrogen-bond donors (Lipinski definition) is 1. The molecule has 0 aliphatic heterocycles. The minimum atomic E-state index is 0.579. The summed E-state index contributed by atoms with van der Waals surface area (Å²) in [5.41, 5.74) is 4.47. The van der Waals surface area contributed by atoms with E-state index in [0.29, 0.717) is 6.04 Å². The summed E-state index contributed by atoms with van der Waals surface area (Å²) >= 11 is 0. The zero-order valence-electron chi connectivity index (χ0n) is 9.30. The first-order valence-electron chi connectivity index (χ1n) is 5.54. The van der Waals surface area contributed by atoms with Crippen LogP contribution in [0.3, 0.4) is 0 Å². The van der Waals surface area contributed by atoms with E-state index in [4.69, 9.17) is 0 Å². The van der Waals surface area contributed by atoms with E-state index in [-0.39, 0.29) is 0 Å². The Bertz CT molecular complexity index is 330. The SMILES string of the molecule is CCC1CC(NC)c2cc(C)ccc21. The topological polar surface area (TPSA) is 12.0 Å². The molecule has 0 bridgehead atoms. The molecule has 1 heteroatoms. The maximum atomic E-state index is 3.41. The molecule has 1 aliphatic rings. The highest BCUT2D eigenvalue weighted by Gasteiger charge is 2.28. The molecule has 1 nitrogen and oxygen atoms in total. The van der Waals surface area contributed by atoms with Crippen molar-refractivity contribution in [3.63, 3.8) is 0 Å². The van der Waals surface area contributed by atoms with Gasteiger partial charge in [0.2, 0.25) is 0 Å². The molecule has 0 radical (unpaired) electrons. The molecule has 14 heavy (non-hydrogen) atoms. The van der Waals surface area contributed by atoms with E-state index in [0.717, 1.165) is 5.92 Å². The van der Waals surface area contributed by atoms with Gasteiger partial charge < -0.3 is 5.32 Å². The molecule has 1 aliphatic carbocycles. The van der Waals surface area contributed by atoms with Crippen molar-refractivity contribution in [3.05, 3.63) is 34.9 Å². The Hall–Kier alpha value is -0.820. The molecular formula is C13H19N.